The Hall–Kier alpha value is -3.10. The Balaban J connectivity index is 1.38. The Morgan fingerprint density at radius 3 is 2.86 bits per heavy atom. The van der Waals surface area contributed by atoms with Gasteiger partial charge < -0.3 is 24.0 Å². The van der Waals surface area contributed by atoms with Crippen molar-refractivity contribution in [2.24, 2.45) is 0 Å². The zero-order valence-electron chi connectivity index (χ0n) is 15.2. The number of piperidine rings is 1. The summed E-state index contributed by atoms with van der Waals surface area (Å²) in [5.74, 6) is 1.69. The number of benzene rings is 1. The second-order valence-electron chi connectivity index (χ2n) is 7.40. The van der Waals surface area contributed by atoms with E-state index >= 15 is 0 Å². The molecule has 0 radical (unpaired) electrons. The van der Waals surface area contributed by atoms with Crippen LogP contribution in [0, 0.1) is 0 Å². The van der Waals surface area contributed by atoms with Crippen LogP contribution in [0.25, 0.3) is 0 Å². The number of amides is 1. The van der Waals surface area contributed by atoms with Crippen LogP contribution in [0.2, 0.25) is 0 Å². The third-order valence-corrected chi connectivity index (χ3v) is 5.72. The second kappa shape index (κ2) is 6.50. The topological polar surface area (TPSA) is 107 Å². The van der Waals surface area contributed by atoms with Crippen LogP contribution >= 0.6 is 0 Å². The first-order valence-corrected chi connectivity index (χ1v) is 9.47. The lowest BCUT2D eigenvalue weighted by molar-refractivity contribution is -0.140. The fourth-order valence-corrected chi connectivity index (χ4v) is 4.34. The molecular weight excluding hydrogens is 364 g/mol. The Morgan fingerprint density at radius 1 is 1.14 bits per heavy atom. The van der Waals surface area contributed by atoms with E-state index in [-0.39, 0.29) is 18.6 Å². The van der Waals surface area contributed by atoms with Crippen molar-refractivity contribution < 1.29 is 24.2 Å². The molecule has 0 bridgehead atoms. The molecule has 3 aliphatic rings. The van der Waals surface area contributed by atoms with Crippen LogP contribution in [0.3, 0.4) is 0 Å². The van der Waals surface area contributed by atoms with Gasteiger partial charge in [0.25, 0.3) is 5.91 Å². The number of likely N-dealkylation sites (tertiary alicyclic amines) is 1. The van der Waals surface area contributed by atoms with E-state index in [0.717, 1.165) is 18.7 Å². The summed E-state index contributed by atoms with van der Waals surface area (Å²) in [6.45, 7) is 1.33. The predicted octanol–water partition coefficient (Wildman–Crippen LogP) is 1.60. The first-order chi connectivity index (χ1) is 13.6. The van der Waals surface area contributed by atoms with Crippen LogP contribution in [0.1, 0.15) is 53.2 Å². The van der Waals surface area contributed by atoms with Crippen LogP contribution < -0.4 is 9.47 Å². The van der Waals surface area contributed by atoms with Crippen molar-refractivity contribution in [1.29, 1.82) is 0 Å². The number of rotatable bonds is 3. The summed E-state index contributed by atoms with van der Waals surface area (Å²) in [6, 6.07) is 4.60. The molecule has 0 saturated carbocycles. The quantitative estimate of drug-likeness (QED) is 0.856. The zero-order chi connectivity index (χ0) is 19.3. The van der Waals surface area contributed by atoms with Gasteiger partial charge in [-0.15, -0.1) is 10.2 Å². The van der Waals surface area contributed by atoms with Gasteiger partial charge in [0.2, 0.25) is 6.79 Å². The average Bonchev–Trinajstić information content (AvgIpc) is 3.42. The van der Waals surface area contributed by atoms with Crippen molar-refractivity contribution >= 4 is 11.9 Å². The fourth-order valence-electron chi connectivity index (χ4n) is 4.34. The van der Waals surface area contributed by atoms with Gasteiger partial charge >= 0.3 is 5.97 Å². The number of ether oxygens (including phenoxy) is 2. The third-order valence-electron chi connectivity index (χ3n) is 5.72. The SMILES string of the molecule is O=C(O)C1CCc2nnc(C3CCCN(C(=O)c4ccc5c(c4)OCO5)C3)n21. The summed E-state index contributed by atoms with van der Waals surface area (Å²) >= 11 is 0. The van der Waals surface area contributed by atoms with E-state index in [2.05, 4.69) is 10.2 Å². The van der Waals surface area contributed by atoms with E-state index in [4.69, 9.17) is 9.47 Å². The van der Waals surface area contributed by atoms with Gasteiger partial charge in [0.1, 0.15) is 17.7 Å². The van der Waals surface area contributed by atoms with Crippen molar-refractivity contribution in [2.45, 2.75) is 37.6 Å². The molecule has 146 valence electrons. The number of carbonyl (C=O) groups excluding carboxylic acids is 1. The molecule has 1 amide bonds. The molecule has 3 aliphatic heterocycles. The Labute approximate surface area is 160 Å². The summed E-state index contributed by atoms with van der Waals surface area (Å²) in [6.07, 6.45) is 2.85. The maximum atomic E-state index is 13.0. The minimum absolute atomic E-state index is 0.0205. The second-order valence-corrected chi connectivity index (χ2v) is 7.40. The number of aryl methyl sites for hydroxylation is 1. The molecule has 1 N–H and O–H groups in total. The molecule has 5 rings (SSSR count). The van der Waals surface area contributed by atoms with Crippen molar-refractivity contribution in [3.63, 3.8) is 0 Å². The van der Waals surface area contributed by atoms with Gasteiger partial charge in [-0.3, -0.25) is 4.79 Å². The summed E-state index contributed by atoms with van der Waals surface area (Å²) < 4.78 is 12.4. The predicted molar refractivity (Wildman–Crippen MR) is 95.5 cm³/mol. The Bertz CT molecular complexity index is 956. The maximum absolute atomic E-state index is 13.0. The molecule has 1 fully saturated rings. The summed E-state index contributed by atoms with van der Waals surface area (Å²) in [5.41, 5.74) is 0.555. The fraction of sp³-hybridized carbons (Fsp3) is 0.474. The highest BCUT2D eigenvalue weighted by Gasteiger charge is 2.36. The van der Waals surface area contributed by atoms with Crippen LogP contribution in [0.5, 0.6) is 11.5 Å². The number of fused-ring (bicyclic) bond motifs is 2. The number of aliphatic carboxylic acids is 1. The number of hydrogen-bond donors (Lipinski definition) is 1. The highest BCUT2D eigenvalue weighted by molar-refractivity contribution is 5.95. The maximum Gasteiger partial charge on any atom is 0.326 e. The van der Waals surface area contributed by atoms with Crippen LogP contribution in [-0.4, -0.2) is 56.5 Å². The zero-order valence-corrected chi connectivity index (χ0v) is 15.2. The highest BCUT2D eigenvalue weighted by atomic mass is 16.7. The summed E-state index contributed by atoms with van der Waals surface area (Å²) in [7, 11) is 0. The van der Waals surface area contributed by atoms with Crippen molar-refractivity contribution in [3.05, 3.63) is 35.4 Å². The lowest BCUT2D eigenvalue weighted by atomic mass is 9.96. The van der Waals surface area contributed by atoms with Gasteiger partial charge in [-0.05, 0) is 37.5 Å². The van der Waals surface area contributed by atoms with E-state index in [1.54, 1.807) is 27.7 Å². The van der Waals surface area contributed by atoms with E-state index < -0.39 is 12.0 Å². The highest BCUT2D eigenvalue weighted by Crippen LogP contribution is 2.35. The standard InChI is InChI=1S/C19H20N4O5/c24-18(11-3-5-14-15(8-11)28-10-27-14)22-7-1-2-12(9-22)17-21-20-16-6-4-13(19(25)26)23(16)17/h3,5,8,12-13H,1-2,4,6-7,9-10H2,(H,25,26). The van der Waals surface area contributed by atoms with Crippen LogP contribution in [0.15, 0.2) is 18.2 Å². The van der Waals surface area contributed by atoms with E-state index in [9.17, 15) is 14.7 Å². The largest absolute Gasteiger partial charge is 0.480 e. The van der Waals surface area contributed by atoms with Gasteiger partial charge in [0.05, 0.1) is 0 Å². The van der Waals surface area contributed by atoms with Gasteiger partial charge in [-0.25, -0.2) is 4.79 Å². The lowest BCUT2D eigenvalue weighted by Crippen LogP contribution is -2.40. The first-order valence-electron chi connectivity index (χ1n) is 9.47. The molecule has 2 atom stereocenters. The molecule has 9 nitrogen and oxygen atoms in total. The number of carboxylic acids is 1. The average molecular weight is 384 g/mol. The molecule has 1 aromatic heterocycles. The molecule has 2 aromatic rings. The minimum atomic E-state index is -0.857. The van der Waals surface area contributed by atoms with Gasteiger partial charge in [0.15, 0.2) is 11.5 Å². The lowest BCUT2D eigenvalue weighted by Gasteiger charge is -2.32. The van der Waals surface area contributed by atoms with Crippen LogP contribution in [-0.2, 0) is 11.2 Å². The number of carbonyl (C=O) groups is 2. The molecule has 2 unspecified atom stereocenters. The van der Waals surface area contributed by atoms with Gasteiger partial charge in [0, 0.05) is 31.0 Å². The smallest absolute Gasteiger partial charge is 0.326 e. The number of carboxylic acid groups (broad SMARTS) is 1. The van der Waals surface area contributed by atoms with E-state index in [1.807, 2.05) is 0 Å². The molecule has 1 aromatic carbocycles. The molecule has 0 aliphatic carbocycles. The van der Waals surface area contributed by atoms with E-state index in [0.29, 0.717) is 48.8 Å². The number of hydrogen-bond acceptors (Lipinski definition) is 6. The first kappa shape index (κ1) is 17.0. The third kappa shape index (κ3) is 2.69. The Kier molecular flexibility index (Phi) is 3.96. The Morgan fingerprint density at radius 2 is 2.00 bits per heavy atom. The number of nitrogens with zero attached hydrogens (tertiary/aromatic N) is 4. The molecule has 0 spiro atoms. The minimum Gasteiger partial charge on any atom is -0.480 e. The molecular formula is C19H20N4O5. The normalized spacial score (nSPS) is 22.9. The van der Waals surface area contributed by atoms with Crippen molar-refractivity contribution in [3.8, 4) is 11.5 Å². The monoisotopic (exact) mass is 384 g/mol. The van der Waals surface area contributed by atoms with Gasteiger partial charge in [-0.2, -0.15) is 0 Å². The van der Waals surface area contributed by atoms with Crippen molar-refractivity contribution in [2.75, 3.05) is 19.9 Å². The number of aromatic nitrogens is 3. The van der Waals surface area contributed by atoms with Crippen molar-refractivity contribution in [1.82, 2.24) is 19.7 Å². The van der Waals surface area contributed by atoms with E-state index in [1.165, 1.54) is 0 Å². The molecule has 28 heavy (non-hydrogen) atoms. The summed E-state index contributed by atoms with van der Waals surface area (Å²) in [5, 5.41) is 18.0. The van der Waals surface area contributed by atoms with Crippen LogP contribution in [0.4, 0.5) is 0 Å². The molecule has 4 heterocycles. The summed E-state index contributed by atoms with van der Waals surface area (Å²) in [4.78, 5) is 26.4. The molecule has 9 heteroatoms. The van der Waals surface area contributed by atoms with Gasteiger partial charge in [-0.1, -0.05) is 0 Å². The molecule has 1 saturated heterocycles.